The number of hydrogen-bond donors (Lipinski definition) is 1. The van der Waals surface area contributed by atoms with E-state index in [0.29, 0.717) is 0 Å². The van der Waals surface area contributed by atoms with Gasteiger partial charge >= 0.3 is 10.1 Å². The van der Waals surface area contributed by atoms with Gasteiger partial charge in [0.25, 0.3) is 10.9 Å². The summed E-state index contributed by atoms with van der Waals surface area (Å²) in [6.45, 7) is 10.1. The summed E-state index contributed by atoms with van der Waals surface area (Å²) in [6.07, 6.45) is 9.92. The first kappa shape index (κ1) is 35.6. The normalized spacial score (nSPS) is 17.6. The molecule has 0 aliphatic carbocycles. The Kier molecular flexibility index (Phi) is 13.5. The molecule has 1 N–H and O–H groups in total. The van der Waals surface area contributed by atoms with E-state index in [4.69, 9.17) is 0 Å². The van der Waals surface area contributed by atoms with Crippen molar-refractivity contribution >= 4 is 78.0 Å². The number of nitrogens with zero attached hydrogens (tertiary/aromatic N) is 3. The van der Waals surface area contributed by atoms with Crippen LogP contribution in [0.3, 0.4) is 0 Å². The zero-order valence-corrected chi connectivity index (χ0v) is 29.4. The number of thioether (sulfide) groups is 2. The molecular formula is C31H37N3O6S5. The third-order valence-corrected chi connectivity index (χ3v) is 11.5. The fraction of sp³-hybridized carbons (Fsp3) is 0.323. The van der Waals surface area contributed by atoms with Gasteiger partial charge < -0.3 is 19.4 Å². The molecule has 1 atom stereocenters. The third kappa shape index (κ3) is 10.1. The van der Waals surface area contributed by atoms with E-state index in [2.05, 4.69) is 36.1 Å². The molecule has 0 saturated carbocycles. The molecule has 242 valence electrons. The summed E-state index contributed by atoms with van der Waals surface area (Å²) in [5.41, 5.74) is 3.79. The highest BCUT2D eigenvalue weighted by molar-refractivity contribution is 8.03. The second kappa shape index (κ2) is 17.0. The number of aromatic nitrogens is 1. The molecule has 3 aromatic rings. The van der Waals surface area contributed by atoms with Crippen molar-refractivity contribution in [1.82, 2.24) is 4.90 Å². The molecule has 5 rings (SSSR count). The highest BCUT2D eigenvalue weighted by atomic mass is 32.2. The maximum Gasteiger partial charge on any atom is 0.326 e. The minimum atomic E-state index is -4.21. The zero-order chi connectivity index (χ0) is 32.4. The van der Waals surface area contributed by atoms with Crippen LogP contribution in [0.4, 0.5) is 5.69 Å². The Labute approximate surface area is 280 Å². The number of fused-ring (bicyclic) bond motifs is 2. The van der Waals surface area contributed by atoms with E-state index in [1.807, 2.05) is 77.7 Å². The van der Waals surface area contributed by atoms with Crippen LogP contribution in [-0.2, 0) is 31.4 Å². The third-order valence-electron chi connectivity index (χ3n) is 7.01. The lowest BCUT2D eigenvalue weighted by atomic mass is 10.1. The number of para-hydroxylation sites is 2. The number of rotatable bonds is 11. The molecule has 2 aliphatic heterocycles. The van der Waals surface area contributed by atoms with E-state index in [-0.39, 0.29) is 5.88 Å². The first-order valence-electron chi connectivity index (χ1n) is 14.3. The summed E-state index contributed by atoms with van der Waals surface area (Å²) in [4.78, 5) is 5.21. The molecule has 0 spiro atoms. The Morgan fingerprint density at radius 3 is 2.44 bits per heavy atom. The Hall–Kier alpha value is -2.27. The van der Waals surface area contributed by atoms with Crippen LogP contribution in [0.25, 0.3) is 16.3 Å². The molecular weight excluding hydrogens is 671 g/mol. The molecule has 3 heterocycles. The molecule has 1 unspecified atom stereocenters. The molecule has 45 heavy (non-hydrogen) atoms. The molecule has 14 heteroatoms. The van der Waals surface area contributed by atoms with Crippen LogP contribution in [0.15, 0.2) is 93.9 Å². The second-order valence-corrected chi connectivity index (χ2v) is 15.5. The topological polar surface area (TPSA) is 114 Å². The standard InChI is InChI=1S/C25H22N2O6S5.C6H15N/c28-33-37(29)16-26-20-5-1-3-7-22(20)35-24(26)11-9-18-13-19(15-34-14-18)10-12-25-27(17-38(30,31)32)21-6-2-4-8-23(21)36-25;1-4-7(5-2)6-3/h1-13H,14-17H2,(H-,28,30,31,32);4-6H2,1-3H3. The van der Waals surface area contributed by atoms with E-state index in [9.17, 15) is 22.4 Å². The minimum Gasteiger partial charge on any atom is -0.709 e. The second-order valence-electron chi connectivity index (χ2n) is 9.96. The number of allylic oxidation sites excluding steroid dienone is 4. The van der Waals surface area contributed by atoms with Crippen molar-refractivity contribution in [2.24, 2.45) is 0 Å². The van der Waals surface area contributed by atoms with Crippen LogP contribution in [0.2, 0.25) is 0 Å². The van der Waals surface area contributed by atoms with Crippen LogP contribution in [-0.4, -0.2) is 59.1 Å². The van der Waals surface area contributed by atoms with Crippen molar-refractivity contribution in [2.75, 3.05) is 41.9 Å². The number of thiazole rings is 1. The van der Waals surface area contributed by atoms with Crippen molar-refractivity contribution < 1.29 is 31.3 Å². The fourth-order valence-corrected chi connectivity index (χ4v) is 9.10. The molecule has 0 bridgehead atoms. The van der Waals surface area contributed by atoms with Crippen molar-refractivity contribution in [3.8, 4) is 0 Å². The van der Waals surface area contributed by atoms with Gasteiger partial charge in [-0.1, -0.05) is 86.4 Å². The SMILES string of the molecule is CCN(CC)CC.O=S(CN1C(=CC=C2C=C(C=Cc3sc4ccccc4[n+]3CS(=O)(=O)O)CSC2)Sc2ccccc21)O[O-]. The quantitative estimate of drug-likeness (QED) is 0.121. The Morgan fingerprint density at radius 2 is 1.76 bits per heavy atom. The van der Waals surface area contributed by atoms with E-state index < -0.39 is 27.1 Å². The van der Waals surface area contributed by atoms with E-state index in [1.165, 1.54) is 42.7 Å². The van der Waals surface area contributed by atoms with Gasteiger partial charge in [-0.05, 0) is 55.1 Å². The van der Waals surface area contributed by atoms with E-state index in [1.54, 1.807) is 16.3 Å². The van der Waals surface area contributed by atoms with Crippen molar-refractivity contribution in [3.63, 3.8) is 0 Å². The van der Waals surface area contributed by atoms with Gasteiger partial charge in [-0.15, -0.1) is 0 Å². The summed E-state index contributed by atoms with van der Waals surface area (Å²) in [5, 5.41) is 12.2. The molecule has 2 aliphatic rings. The smallest absolute Gasteiger partial charge is 0.326 e. The largest absolute Gasteiger partial charge is 0.709 e. The molecule has 0 amide bonds. The fourth-order valence-electron chi connectivity index (χ4n) is 4.74. The summed E-state index contributed by atoms with van der Waals surface area (Å²) >= 11 is 2.78. The molecule has 0 fully saturated rings. The number of hydrogen-bond acceptors (Lipinski definition) is 10. The van der Waals surface area contributed by atoms with E-state index in [0.717, 1.165) is 53.5 Å². The highest BCUT2D eigenvalue weighted by Crippen LogP contribution is 2.45. The van der Waals surface area contributed by atoms with Crippen molar-refractivity contribution in [1.29, 1.82) is 0 Å². The highest BCUT2D eigenvalue weighted by Gasteiger charge is 2.26. The predicted octanol–water partition coefficient (Wildman–Crippen LogP) is 5.36. The minimum absolute atomic E-state index is 0.0557. The summed E-state index contributed by atoms with van der Waals surface area (Å²) in [7, 11) is -4.21. The van der Waals surface area contributed by atoms with E-state index >= 15 is 0 Å². The molecule has 0 radical (unpaired) electrons. The lowest BCUT2D eigenvalue weighted by Crippen LogP contribution is -2.38. The van der Waals surface area contributed by atoms with Crippen molar-refractivity contribution in [3.05, 3.63) is 94.0 Å². The summed E-state index contributed by atoms with van der Waals surface area (Å²) in [6, 6.07) is 15.2. The van der Waals surface area contributed by atoms with Gasteiger partial charge in [0.15, 0.2) is 11.1 Å². The van der Waals surface area contributed by atoms with Gasteiger partial charge in [0.2, 0.25) is 5.52 Å². The Balaban J connectivity index is 0.000000591. The predicted molar refractivity (Wildman–Crippen MR) is 187 cm³/mol. The lowest BCUT2D eigenvalue weighted by Gasteiger charge is -2.20. The average Bonchev–Trinajstić information content (AvgIpc) is 3.56. The monoisotopic (exact) mass is 707 g/mol. The lowest BCUT2D eigenvalue weighted by molar-refractivity contribution is -0.649. The van der Waals surface area contributed by atoms with Crippen LogP contribution >= 0.6 is 34.9 Å². The summed E-state index contributed by atoms with van der Waals surface area (Å²) in [5.74, 6) is 1.06. The molecule has 9 nitrogen and oxygen atoms in total. The van der Waals surface area contributed by atoms with Crippen LogP contribution in [0.5, 0.6) is 0 Å². The first-order chi connectivity index (χ1) is 21.6. The van der Waals surface area contributed by atoms with Gasteiger partial charge in [-0.25, -0.2) is 4.21 Å². The summed E-state index contributed by atoms with van der Waals surface area (Å²) < 4.78 is 50.9. The van der Waals surface area contributed by atoms with Gasteiger partial charge in [-0.3, -0.25) is 4.55 Å². The maximum absolute atomic E-state index is 11.8. The van der Waals surface area contributed by atoms with Crippen molar-refractivity contribution in [2.45, 2.75) is 31.5 Å². The molecule has 1 aromatic heterocycles. The van der Waals surface area contributed by atoms with Crippen LogP contribution < -0.4 is 14.7 Å². The number of anilines is 1. The zero-order valence-electron chi connectivity index (χ0n) is 25.3. The van der Waals surface area contributed by atoms with Crippen LogP contribution in [0, 0.1) is 0 Å². The average molecular weight is 708 g/mol. The van der Waals surface area contributed by atoms with Gasteiger partial charge in [-0.2, -0.15) is 24.7 Å². The Morgan fingerprint density at radius 1 is 1.04 bits per heavy atom. The van der Waals surface area contributed by atoms with Gasteiger partial charge in [0.1, 0.15) is 10.6 Å². The maximum atomic E-state index is 11.8. The van der Waals surface area contributed by atoms with Gasteiger partial charge in [0, 0.05) is 28.5 Å². The van der Waals surface area contributed by atoms with Gasteiger partial charge in [0.05, 0.1) is 10.7 Å². The number of benzene rings is 2. The van der Waals surface area contributed by atoms with Crippen LogP contribution in [0.1, 0.15) is 25.8 Å². The molecule has 2 aromatic carbocycles. The Bertz CT molecular complexity index is 1720. The molecule has 0 saturated heterocycles. The first-order valence-corrected chi connectivity index (χ1v) is 20.0.